The lowest BCUT2D eigenvalue weighted by atomic mass is 9.91. The topological polar surface area (TPSA) is 46.1 Å². The van der Waals surface area contributed by atoms with Crippen molar-refractivity contribution in [1.29, 1.82) is 0 Å². The average Bonchev–Trinajstić information content (AvgIpc) is 3.16. The van der Waals surface area contributed by atoms with Crippen molar-refractivity contribution in [2.24, 2.45) is 5.92 Å². The maximum absolute atomic E-state index is 12.8. The van der Waals surface area contributed by atoms with E-state index in [0.717, 1.165) is 47.5 Å². The van der Waals surface area contributed by atoms with Gasteiger partial charge in [-0.15, -0.1) is 23.1 Å². The van der Waals surface area contributed by atoms with Crippen molar-refractivity contribution in [3.8, 4) is 0 Å². The molecule has 4 rings (SSSR count). The van der Waals surface area contributed by atoms with E-state index in [2.05, 4.69) is 14.9 Å². The predicted molar refractivity (Wildman–Crippen MR) is 110 cm³/mol. The summed E-state index contributed by atoms with van der Waals surface area (Å²) in [6, 6.07) is 9.71. The van der Waals surface area contributed by atoms with Gasteiger partial charge in [0.1, 0.15) is 20.0 Å². The van der Waals surface area contributed by atoms with Crippen LogP contribution in [0.15, 0.2) is 40.9 Å². The summed E-state index contributed by atoms with van der Waals surface area (Å²) in [6.45, 7) is 1.64. The fraction of sp³-hybridized carbons (Fsp3) is 0.316. The maximum atomic E-state index is 12.8. The molecule has 3 aromatic rings. The van der Waals surface area contributed by atoms with E-state index in [4.69, 9.17) is 7.85 Å². The number of fused-ring (bicyclic) bond motifs is 1. The van der Waals surface area contributed by atoms with E-state index in [0.29, 0.717) is 5.46 Å². The van der Waals surface area contributed by atoms with Gasteiger partial charge in [-0.05, 0) is 37.3 Å². The normalized spacial score (nSPS) is 15.5. The van der Waals surface area contributed by atoms with E-state index in [-0.39, 0.29) is 11.7 Å². The van der Waals surface area contributed by atoms with Gasteiger partial charge in [0.05, 0.1) is 14.6 Å². The number of anilines is 1. The lowest BCUT2D eigenvalue weighted by Gasteiger charge is -2.32. The van der Waals surface area contributed by atoms with Crippen LogP contribution in [0.3, 0.4) is 0 Å². The molecule has 0 bridgehead atoms. The lowest BCUT2D eigenvalue weighted by molar-refractivity contribution is 0.0904. The molecule has 1 fully saturated rings. The van der Waals surface area contributed by atoms with Crippen molar-refractivity contribution < 1.29 is 4.79 Å². The van der Waals surface area contributed by atoms with Gasteiger partial charge in [0, 0.05) is 24.4 Å². The number of piperidine rings is 1. The van der Waals surface area contributed by atoms with E-state index in [9.17, 15) is 4.79 Å². The van der Waals surface area contributed by atoms with Crippen molar-refractivity contribution in [3.05, 3.63) is 41.5 Å². The summed E-state index contributed by atoms with van der Waals surface area (Å²) < 4.78 is 1.19. The first kappa shape index (κ1) is 17.6. The third kappa shape index (κ3) is 3.38. The number of thiophene rings is 1. The smallest absolute Gasteiger partial charge is 0.176 e. The summed E-state index contributed by atoms with van der Waals surface area (Å²) in [7, 11) is 5.94. The van der Waals surface area contributed by atoms with Crippen LogP contribution in [0.25, 0.3) is 10.9 Å². The molecule has 3 heterocycles. The quantitative estimate of drug-likeness (QED) is 0.395. The zero-order valence-corrected chi connectivity index (χ0v) is 16.1. The Morgan fingerprint density at radius 1 is 1.23 bits per heavy atom. The van der Waals surface area contributed by atoms with Gasteiger partial charge >= 0.3 is 0 Å². The molecule has 26 heavy (non-hydrogen) atoms. The van der Waals surface area contributed by atoms with Crippen LogP contribution in [0.2, 0.25) is 0 Å². The minimum absolute atomic E-state index is 0.0952. The number of ketones is 1. The fourth-order valence-corrected chi connectivity index (χ4v) is 4.99. The molecule has 0 amide bonds. The zero-order chi connectivity index (χ0) is 18.1. The standard InChI is InChI=1S/C19H18BN3OS2/c1-25-17-5-4-16(26-17)18(24)12-6-8-23(9-7-12)19-14-10-13(20)2-3-15(14)21-11-22-19/h2-5,10-12H,6-9H2,1H3. The molecule has 2 radical (unpaired) electrons. The molecule has 0 atom stereocenters. The molecule has 0 spiro atoms. The molecule has 0 aliphatic carbocycles. The Bertz CT molecular complexity index is 951. The van der Waals surface area contributed by atoms with Crippen LogP contribution in [0.5, 0.6) is 0 Å². The Kier molecular flexibility index (Phi) is 5.00. The molecule has 0 unspecified atom stereocenters. The minimum Gasteiger partial charge on any atom is -0.356 e. The number of rotatable bonds is 4. The second-order valence-corrected chi connectivity index (χ2v) is 8.61. The van der Waals surface area contributed by atoms with Crippen molar-refractivity contribution >= 4 is 58.9 Å². The zero-order valence-electron chi connectivity index (χ0n) is 14.5. The lowest BCUT2D eigenvalue weighted by Crippen LogP contribution is -2.37. The number of hydrogen-bond acceptors (Lipinski definition) is 6. The van der Waals surface area contributed by atoms with Crippen molar-refractivity contribution in [2.75, 3.05) is 24.2 Å². The fourth-order valence-electron chi connectivity index (χ4n) is 3.43. The van der Waals surface area contributed by atoms with Gasteiger partial charge in [-0.1, -0.05) is 17.6 Å². The van der Waals surface area contributed by atoms with Gasteiger partial charge in [0.25, 0.3) is 0 Å². The first-order valence-electron chi connectivity index (χ1n) is 8.59. The van der Waals surface area contributed by atoms with Gasteiger partial charge in [0.15, 0.2) is 5.78 Å². The van der Waals surface area contributed by atoms with E-state index >= 15 is 0 Å². The summed E-state index contributed by atoms with van der Waals surface area (Å²) in [6.07, 6.45) is 5.33. The first-order valence-corrected chi connectivity index (χ1v) is 10.6. The van der Waals surface area contributed by atoms with Gasteiger partial charge in [-0.25, -0.2) is 9.97 Å². The number of benzene rings is 1. The molecule has 2 aromatic heterocycles. The summed E-state index contributed by atoms with van der Waals surface area (Å²) in [5, 5.41) is 0.972. The van der Waals surface area contributed by atoms with E-state index in [1.165, 1.54) is 4.21 Å². The molecule has 1 aromatic carbocycles. The molecule has 1 aliphatic heterocycles. The molecular formula is C19H18BN3OS2. The SMILES string of the molecule is [B]c1ccc2ncnc(N3CCC(C(=O)c4ccc(SC)s4)CC3)c2c1. The van der Waals surface area contributed by atoms with E-state index in [1.807, 2.05) is 36.6 Å². The van der Waals surface area contributed by atoms with Crippen LogP contribution in [-0.2, 0) is 0 Å². The predicted octanol–water partition coefficient (Wildman–Crippen LogP) is 3.31. The maximum Gasteiger partial charge on any atom is 0.176 e. The Morgan fingerprint density at radius 3 is 2.77 bits per heavy atom. The molecule has 4 nitrogen and oxygen atoms in total. The monoisotopic (exact) mass is 379 g/mol. The third-order valence-corrected chi connectivity index (χ3v) is 7.01. The highest BCUT2D eigenvalue weighted by molar-refractivity contribution is 8.00. The Labute approximate surface area is 162 Å². The molecule has 1 aliphatic rings. The largest absolute Gasteiger partial charge is 0.356 e. The Balaban J connectivity index is 1.50. The van der Waals surface area contributed by atoms with Crippen LogP contribution >= 0.6 is 23.1 Å². The van der Waals surface area contributed by atoms with Crippen molar-refractivity contribution in [1.82, 2.24) is 9.97 Å². The summed E-state index contributed by atoms with van der Waals surface area (Å²) in [5.74, 6) is 1.29. The van der Waals surface area contributed by atoms with Gasteiger partial charge < -0.3 is 4.90 Å². The summed E-state index contributed by atoms with van der Waals surface area (Å²) in [5.41, 5.74) is 1.60. The van der Waals surface area contributed by atoms with Gasteiger partial charge in [-0.2, -0.15) is 0 Å². The molecule has 7 heteroatoms. The first-order chi connectivity index (χ1) is 12.7. The number of carbonyl (C=O) groups is 1. The van der Waals surface area contributed by atoms with Crippen LogP contribution in [-0.4, -0.2) is 42.9 Å². The van der Waals surface area contributed by atoms with Crippen LogP contribution in [0.1, 0.15) is 22.5 Å². The van der Waals surface area contributed by atoms with Crippen LogP contribution in [0.4, 0.5) is 5.82 Å². The molecule has 0 N–H and O–H groups in total. The minimum atomic E-state index is 0.0952. The highest BCUT2D eigenvalue weighted by Crippen LogP contribution is 2.31. The molecule has 0 saturated carbocycles. The molecular weight excluding hydrogens is 361 g/mol. The second kappa shape index (κ2) is 7.41. The number of carbonyl (C=O) groups excluding carboxylic acids is 1. The number of aromatic nitrogens is 2. The van der Waals surface area contributed by atoms with Crippen molar-refractivity contribution in [2.45, 2.75) is 17.1 Å². The van der Waals surface area contributed by atoms with Crippen LogP contribution < -0.4 is 10.4 Å². The molecule has 130 valence electrons. The second-order valence-electron chi connectivity index (χ2n) is 6.42. The Hall–Kier alpha value is -1.86. The highest BCUT2D eigenvalue weighted by atomic mass is 32.2. The summed E-state index contributed by atoms with van der Waals surface area (Å²) >= 11 is 3.29. The van der Waals surface area contributed by atoms with Gasteiger partial charge in [0.2, 0.25) is 0 Å². The number of hydrogen-bond donors (Lipinski definition) is 0. The van der Waals surface area contributed by atoms with E-state index in [1.54, 1.807) is 29.4 Å². The van der Waals surface area contributed by atoms with Crippen molar-refractivity contribution in [3.63, 3.8) is 0 Å². The van der Waals surface area contributed by atoms with E-state index < -0.39 is 0 Å². The third-order valence-electron chi connectivity index (χ3n) is 4.83. The number of nitrogens with zero attached hydrogens (tertiary/aromatic N) is 3. The Morgan fingerprint density at radius 2 is 2.04 bits per heavy atom. The number of Topliss-reactive ketones (excluding diaryl/α,β-unsaturated/α-hetero) is 1. The molecule has 1 saturated heterocycles. The van der Waals surface area contributed by atoms with Crippen LogP contribution in [0, 0.1) is 5.92 Å². The average molecular weight is 379 g/mol. The number of thioether (sulfide) groups is 1. The van der Waals surface area contributed by atoms with Gasteiger partial charge in [-0.3, -0.25) is 4.79 Å². The highest BCUT2D eigenvalue weighted by Gasteiger charge is 2.28. The summed E-state index contributed by atoms with van der Waals surface area (Å²) in [4.78, 5) is 24.7.